The molecular formula is C20H19N3O2. The van der Waals surface area contributed by atoms with Gasteiger partial charge >= 0.3 is 0 Å². The molecule has 3 rings (SSSR count). The van der Waals surface area contributed by atoms with E-state index < -0.39 is 0 Å². The minimum Gasteiger partial charge on any atom is -0.487 e. The second-order valence-corrected chi connectivity index (χ2v) is 5.39. The fraction of sp³-hybridized carbons (Fsp3) is 0.100. The van der Waals surface area contributed by atoms with Crippen molar-refractivity contribution in [3.8, 4) is 5.75 Å². The lowest BCUT2D eigenvalue weighted by atomic mass is 10.3. The molecule has 0 unspecified atom stereocenters. The average molecular weight is 333 g/mol. The fourth-order valence-corrected chi connectivity index (χ4v) is 2.32. The number of hydrogen-bond acceptors (Lipinski definition) is 3. The van der Waals surface area contributed by atoms with Crippen LogP contribution in [0.4, 0.5) is 5.69 Å². The molecule has 0 aliphatic rings. The zero-order chi connectivity index (χ0) is 17.5. The number of amides is 1. The highest BCUT2D eigenvalue weighted by molar-refractivity contribution is 5.99. The van der Waals surface area contributed by atoms with Crippen LogP contribution in [-0.2, 0) is 11.4 Å². The molecule has 126 valence electrons. The van der Waals surface area contributed by atoms with Gasteiger partial charge in [0.25, 0.3) is 0 Å². The molecule has 0 atom stereocenters. The number of pyridine rings is 1. The SMILES string of the molecule is C/C=C/C=C/C(=O)Nc1cccc(OCc2cn3ccccc3n2)c1. The van der Waals surface area contributed by atoms with Crippen LogP contribution < -0.4 is 10.1 Å². The second-order valence-electron chi connectivity index (χ2n) is 5.39. The summed E-state index contributed by atoms with van der Waals surface area (Å²) in [5, 5.41) is 2.80. The minimum absolute atomic E-state index is 0.185. The molecular weight excluding hydrogens is 314 g/mol. The number of fused-ring (bicyclic) bond motifs is 1. The topological polar surface area (TPSA) is 55.6 Å². The van der Waals surface area contributed by atoms with Crippen molar-refractivity contribution in [2.45, 2.75) is 13.5 Å². The summed E-state index contributed by atoms with van der Waals surface area (Å²) in [6.45, 7) is 2.26. The maximum atomic E-state index is 11.8. The number of aromatic nitrogens is 2. The monoisotopic (exact) mass is 333 g/mol. The van der Waals surface area contributed by atoms with Crippen molar-refractivity contribution in [1.29, 1.82) is 0 Å². The number of hydrogen-bond donors (Lipinski definition) is 1. The summed E-state index contributed by atoms with van der Waals surface area (Å²) < 4.78 is 7.74. The van der Waals surface area contributed by atoms with E-state index in [2.05, 4.69) is 10.3 Å². The lowest BCUT2D eigenvalue weighted by Gasteiger charge is -2.07. The van der Waals surface area contributed by atoms with Crippen LogP contribution in [-0.4, -0.2) is 15.3 Å². The first kappa shape index (κ1) is 16.5. The molecule has 0 aliphatic carbocycles. The highest BCUT2D eigenvalue weighted by Crippen LogP contribution is 2.18. The van der Waals surface area contributed by atoms with E-state index >= 15 is 0 Å². The molecule has 0 bridgehead atoms. The van der Waals surface area contributed by atoms with Gasteiger partial charge in [0.15, 0.2) is 0 Å². The van der Waals surface area contributed by atoms with E-state index in [0.717, 1.165) is 11.3 Å². The summed E-state index contributed by atoms with van der Waals surface area (Å²) in [6.07, 6.45) is 10.7. The number of imidazole rings is 1. The Labute approximate surface area is 146 Å². The van der Waals surface area contributed by atoms with Gasteiger partial charge in [0.05, 0.1) is 5.69 Å². The van der Waals surface area contributed by atoms with Gasteiger partial charge in [0.1, 0.15) is 18.0 Å². The maximum Gasteiger partial charge on any atom is 0.248 e. The van der Waals surface area contributed by atoms with Crippen LogP contribution in [0.25, 0.3) is 5.65 Å². The molecule has 0 radical (unpaired) electrons. The van der Waals surface area contributed by atoms with Crippen LogP contribution in [0.15, 0.2) is 79.2 Å². The Bertz CT molecular complexity index is 892. The van der Waals surface area contributed by atoms with E-state index in [1.54, 1.807) is 18.2 Å². The van der Waals surface area contributed by atoms with Crippen LogP contribution in [0.3, 0.4) is 0 Å². The Morgan fingerprint density at radius 1 is 1.24 bits per heavy atom. The molecule has 2 aromatic heterocycles. The number of rotatable bonds is 6. The minimum atomic E-state index is -0.185. The van der Waals surface area contributed by atoms with Gasteiger partial charge in [-0.1, -0.05) is 30.4 Å². The van der Waals surface area contributed by atoms with Crippen molar-refractivity contribution < 1.29 is 9.53 Å². The van der Waals surface area contributed by atoms with Crippen LogP contribution in [0.1, 0.15) is 12.6 Å². The summed E-state index contributed by atoms with van der Waals surface area (Å²) in [7, 11) is 0. The lowest BCUT2D eigenvalue weighted by molar-refractivity contribution is -0.111. The number of nitrogens with zero attached hydrogens (tertiary/aromatic N) is 2. The second kappa shape index (κ2) is 7.97. The van der Waals surface area contributed by atoms with E-state index in [4.69, 9.17) is 4.74 Å². The standard InChI is InChI=1S/C20H19N3O2/c1-2-3-4-11-20(24)22-16-8-7-9-18(13-16)25-15-17-14-23-12-6-5-10-19(23)21-17/h2-14H,15H2,1H3,(H,22,24)/b3-2+,11-4+. The first-order chi connectivity index (χ1) is 12.2. The molecule has 0 aliphatic heterocycles. The van der Waals surface area contributed by atoms with Crippen molar-refractivity contribution in [2.24, 2.45) is 0 Å². The van der Waals surface area contributed by atoms with Crippen LogP contribution in [0, 0.1) is 0 Å². The summed E-state index contributed by atoms with van der Waals surface area (Å²) >= 11 is 0. The summed E-state index contributed by atoms with van der Waals surface area (Å²) in [6, 6.07) is 13.1. The quantitative estimate of drug-likeness (QED) is 0.548. The lowest BCUT2D eigenvalue weighted by Crippen LogP contribution is -2.07. The third kappa shape index (κ3) is 4.57. The van der Waals surface area contributed by atoms with Gasteiger partial charge in [-0.15, -0.1) is 0 Å². The zero-order valence-corrected chi connectivity index (χ0v) is 13.9. The molecule has 5 heteroatoms. The fourth-order valence-electron chi connectivity index (χ4n) is 2.32. The Kier molecular flexibility index (Phi) is 5.26. The number of anilines is 1. The number of carbonyl (C=O) groups is 1. The van der Waals surface area contributed by atoms with Crippen molar-refractivity contribution >= 4 is 17.2 Å². The molecule has 5 nitrogen and oxygen atoms in total. The van der Waals surface area contributed by atoms with Gasteiger partial charge in [-0.25, -0.2) is 4.98 Å². The van der Waals surface area contributed by atoms with Crippen molar-refractivity contribution in [3.63, 3.8) is 0 Å². The summed E-state index contributed by atoms with van der Waals surface area (Å²) in [5.41, 5.74) is 2.41. The highest BCUT2D eigenvalue weighted by Gasteiger charge is 2.04. The third-order valence-corrected chi connectivity index (χ3v) is 3.45. The molecule has 0 fully saturated rings. The van der Waals surface area contributed by atoms with Crippen molar-refractivity contribution in [2.75, 3.05) is 5.32 Å². The van der Waals surface area contributed by atoms with Gasteiger partial charge in [-0.3, -0.25) is 4.79 Å². The van der Waals surface area contributed by atoms with Gasteiger partial charge in [-0.05, 0) is 31.2 Å². The molecule has 3 aromatic rings. The Balaban J connectivity index is 1.62. The first-order valence-electron chi connectivity index (χ1n) is 8.00. The van der Waals surface area contributed by atoms with E-state index in [0.29, 0.717) is 18.0 Å². The molecule has 1 N–H and O–H groups in total. The first-order valence-corrected chi connectivity index (χ1v) is 8.00. The maximum absolute atomic E-state index is 11.8. The molecule has 1 amide bonds. The molecule has 0 saturated heterocycles. The van der Waals surface area contributed by atoms with E-state index in [1.165, 1.54) is 6.08 Å². The Morgan fingerprint density at radius 3 is 3.00 bits per heavy atom. The highest BCUT2D eigenvalue weighted by atomic mass is 16.5. The predicted octanol–water partition coefficient (Wildman–Crippen LogP) is 3.98. The van der Waals surface area contributed by atoms with Gasteiger partial charge in [-0.2, -0.15) is 0 Å². The van der Waals surface area contributed by atoms with E-state index in [9.17, 15) is 4.79 Å². The van der Waals surface area contributed by atoms with Gasteiger partial charge in [0.2, 0.25) is 5.91 Å². The molecule has 0 saturated carbocycles. The summed E-state index contributed by atoms with van der Waals surface area (Å²) in [5.74, 6) is 0.489. The largest absolute Gasteiger partial charge is 0.487 e. The van der Waals surface area contributed by atoms with Crippen LogP contribution in [0.2, 0.25) is 0 Å². The molecule has 0 spiro atoms. The Hall–Kier alpha value is -3.34. The van der Waals surface area contributed by atoms with Crippen molar-refractivity contribution in [3.05, 3.63) is 84.9 Å². The zero-order valence-electron chi connectivity index (χ0n) is 13.9. The predicted molar refractivity (Wildman–Crippen MR) is 98.5 cm³/mol. The van der Waals surface area contributed by atoms with Crippen molar-refractivity contribution in [1.82, 2.24) is 9.38 Å². The van der Waals surface area contributed by atoms with E-state index in [-0.39, 0.29) is 5.91 Å². The van der Waals surface area contributed by atoms with Gasteiger partial charge < -0.3 is 14.5 Å². The number of ether oxygens (including phenoxy) is 1. The normalized spacial score (nSPS) is 11.4. The molecule has 25 heavy (non-hydrogen) atoms. The number of allylic oxidation sites excluding steroid dienone is 3. The molecule has 1 aromatic carbocycles. The Morgan fingerprint density at radius 2 is 2.16 bits per heavy atom. The average Bonchev–Trinajstić information content (AvgIpc) is 3.03. The molecule has 2 heterocycles. The number of benzene rings is 1. The summed E-state index contributed by atoms with van der Waals surface area (Å²) in [4.78, 5) is 16.3. The number of carbonyl (C=O) groups excluding carboxylic acids is 1. The third-order valence-electron chi connectivity index (χ3n) is 3.45. The smallest absolute Gasteiger partial charge is 0.248 e. The van der Waals surface area contributed by atoms with Crippen LogP contribution in [0.5, 0.6) is 5.75 Å². The number of nitrogens with one attached hydrogen (secondary N) is 1. The van der Waals surface area contributed by atoms with Crippen LogP contribution >= 0.6 is 0 Å². The van der Waals surface area contributed by atoms with E-state index in [1.807, 2.05) is 66.2 Å². The van der Waals surface area contributed by atoms with Gasteiger partial charge in [0, 0.05) is 30.2 Å².